The van der Waals surface area contributed by atoms with Crippen molar-refractivity contribution in [3.8, 4) is 0 Å². The number of piperidine rings is 1. The fourth-order valence-corrected chi connectivity index (χ4v) is 3.34. The molecule has 0 aromatic carbocycles. The number of rotatable bonds is 6. The molecule has 3 heterocycles. The van der Waals surface area contributed by atoms with Gasteiger partial charge in [0, 0.05) is 26.3 Å². The van der Waals surface area contributed by atoms with Gasteiger partial charge >= 0.3 is 0 Å². The molecule has 0 aliphatic carbocycles. The molecule has 0 radical (unpaired) electrons. The van der Waals surface area contributed by atoms with Crippen LogP contribution in [0.2, 0.25) is 5.02 Å². The number of aromatic nitrogens is 3. The molecule has 132 valence electrons. The van der Waals surface area contributed by atoms with Crippen molar-refractivity contribution in [2.75, 3.05) is 37.3 Å². The number of anilines is 2. The highest BCUT2D eigenvalue weighted by atomic mass is 35.5. The summed E-state index contributed by atoms with van der Waals surface area (Å²) in [6, 6.07) is 1.50. The van der Waals surface area contributed by atoms with Gasteiger partial charge in [0.05, 0.1) is 11.1 Å². The van der Waals surface area contributed by atoms with E-state index in [1.165, 1.54) is 0 Å². The highest BCUT2D eigenvalue weighted by molar-refractivity contribution is 6.34. The molecule has 8 heteroatoms. The van der Waals surface area contributed by atoms with Crippen molar-refractivity contribution in [1.29, 1.82) is 0 Å². The van der Waals surface area contributed by atoms with Crippen LogP contribution in [0.5, 0.6) is 0 Å². The molecule has 0 spiro atoms. The van der Waals surface area contributed by atoms with Gasteiger partial charge in [-0.3, -0.25) is 0 Å². The lowest BCUT2D eigenvalue weighted by Crippen LogP contribution is -2.48. The number of nitrogens with zero attached hydrogens (tertiary/aromatic N) is 4. The highest BCUT2D eigenvalue weighted by Gasteiger charge is 2.29. The normalized spacial score (nSPS) is 22.0. The van der Waals surface area contributed by atoms with Crippen LogP contribution in [0, 0.1) is 0 Å². The molecule has 1 aliphatic rings. The second-order valence-corrected chi connectivity index (χ2v) is 6.61. The lowest BCUT2D eigenvalue weighted by molar-refractivity contribution is 0.125. The van der Waals surface area contributed by atoms with Crippen molar-refractivity contribution in [3.63, 3.8) is 0 Å². The largest absolute Gasteiger partial charge is 0.371 e. The fraction of sp³-hybridized carbons (Fsp3) is 0.625. The Kier molecular flexibility index (Phi) is 5.40. The molecule has 2 unspecified atom stereocenters. The third-order valence-electron chi connectivity index (χ3n) is 4.47. The van der Waals surface area contributed by atoms with Gasteiger partial charge in [-0.15, -0.1) is 5.10 Å². The predicted octanol–water partition coefficient (Wildman–Crippen LogP) is 3.05. The summed E-state index contributed by atoms with van der Waals surface area (Å²) in [5.41, 5.74) is 0.718. The first kappa shape index (κ1) is 17.2. The predicted molar refractivity (Wildman–Crippen MR) is 95.8 cm³/mol. The van der Waals surface area contributed by atoms with Gasteiger partial charge < -0.3 is 15.5 Å². The zero-order chi connectivity index (χ0) is 17.1. The summed E-state index contributed by atoms with van der Waals surface area (Å²) < 4.78 is 16.2. The Bertz CT molecular complexity index is 691. The quantitative estimate of drug-likeness (QED) is 0.835. The summed E-state index contributed by atoms with van der Waals surface area (Å²) >= 11 is 6.15. The summed E-state index contributed by atoms with van der Waals surface area (Å²) in [5, 5.41) is 11.1. The third-order valence-corrected chi connectivity index (χ3v) is 4.77. The summed E-state index contributed by atoms with van der Waals surface area (Å²) in [4.78, 5) is 6.63. The van der Waals surface area contributed by atoms with E-state index in [0.717, 1.165) is 37.9 Å². The molecule has 0 bridgehead atoms. The van der Waals surface area contributed by atoms with E-state index in [1.54, 1.807) is 23.8 Å². The minimum atomic E-state index is -0.929. The molecule has 0 amide bonds. The van der Waals surface area contributed by atoms with Crippen LogP contribution in [0.1, 0.15) is 26.2 Å². The Hall–Kier alpha value is -1.60. The van der Waals surface area contributed by atoms with E-state index < -0.39 is 6.17 Å². The van der Waals surface area contributed by atoms with Crippen molar-refractivity contribution < 1.29 is 4.39 Å². The summed E-state index contributed by atoms with van der Waals surface area (Å²) in [7, 11) is 1.78. The van der Waals surface area contributed by atoms with E-state index in [9.17, 15) is 4.39 Å². The van der Waals surface area contributed by atoms with Crippen LogP contribution in [0.25, 0.3) is 5.52 Å². The molecule has 1 aliphatic heterocycles. The van der Waals surface area contributed by atoms with Gasteiger partial charge in [0.15, 0.2) is 5.82 Å². The maximum Gasteiger partial charge on any atom is 0.243 e. The van der Waals surface area contributed by atoms with Gasteiger partial charge in [0.25, 0.3) is 0 Å². The number of alkyl halides is 1. The first-order chi connectivity index (χ1) is 11.6. The van der Waals surface area contributed by atoms with Crippen LogP contribution in [-0.2, 0) is 0 Å². The fourth-order valence-electron chi connectivity index (χ4n) is 3.10. The van der Waals surface area contributed by atoms with E-state index >= 15 is 0 Å². The van der Waals surface area contributed by atoms with Crippen molar-refractivity contribution in [1.82, 2.24) is 19.5 Å². The highest BCUT2D eigenvalue weighted by Crippen LogP contribution is 2.25. The van der Waals surface area contributed by atoms with Crippen LogP contribution >= 0.6 is 11.6 Å². The second kappa shape index (κ2) is 7.53. The number of halogens is 2. The van der Waals surface area contributed by atoms with Crippen molar-refractivity contribution >= 4 is 28.9 Å². The molecular formula is C16H24ClFN6. The SMILES string of the molecule is CCCCN1CCC(Nc2nc(NC)c3c(Cl)ccn3n2)C(F)C1. The molecule has 1 fully saturated rings. The first-order valence-corrected chi connectivity index (χ1v) is 8.85. The Morgan fingerprint density at radius 2 is 2.29 bits per heavy atom. The Labute approximate surface area is 146 Å². The van der Waals surface area contributed by atoms with Gasteiger partial charge in [-0.2, -0.15) is 4.98 Å². The van der Waals surface area contributed by atoms with Gasteiger partial charge in [-0.25, -0.2) is 8.91 Å². The summed E-state index contributed by atoms with van der Waals surface area (Å²) in [6.07, 6.45) is 3.83. The minimum absolute atomic E-state index is 0.268. The van der Waals surface area contributed by atoms with Crippen LogP contribution < -0.4 is 10.6 Å². The van der Waals surface area contributed by atoms with Gasteiger partial charge in [0.1, 0.15) is 11.7 Å². The van der Waals surface area contributed by atoms with Crippen molar-refractivity contribution in [3.05, 3.63) is 17.3 Å². The van der Waals surface area contributed by atoms with E-state index in [1.807, 2.05) is 0 Å². The molecule has 24 heavy (non-hydrogen) atoms. The number of unbranched alkanes of at least 4 members (excludes halogenated alkanes) is 1. The summed E-state index contributed by atoms with van der Waals surface area (Å²) in [6.45, 7) is 4.49. The Morgan fingerprint density at radius 1 is 1.46 bits per heavy atom. The average Bonchev–Trinajstić information content (AvgIpc) is 2.95. The van der Waals surface area contributed by atoms with Crippen LogP contribution in [0.15, 0.2) is 12.3 Å². The zero-order valence-electron chi connectivity index (χ0n) is 14.1. The smallest absolute Gasteiger partial charge is 0.243 e. The first-order valence-electron chi connectivity index (χ1n) is 8.48. The van der Waals surface area contributed by atoms with Crippen molar-refractivity contribution in [2.45, 2.75) is 38.4 Å². The molecule has 3 rings (SSSR count). The van der Waals surface area contributed by atoms with Crippen molar-refractivity contribution in [2.24, 2.45) is 0 Å². The topological polar surface area (TPSA) is 57.5 Å². The lowest BCUT2D eigenvalue weighted by atomic mass is 10.0. The molecule has 6 nitrogen and oxygen atoms in total. The number of likely N-dealkylation sites (tertiary alicyclic amines) is 1. The molecule has 2 aromatic rings. The maximum atomic E-state index is 14.5. The van der Waals surface area contributed by atoms with Gasteiger partial charge in [-0.1, -0.05) is 24.9 Å². The molecule has 2 atom stereocenters. The third kappa shape index (κ3) is 3.57. The Morgan fingerprint density at radius 3 is 3.00 bits per heavy atom. The number of fused-ring (bicyclic) bond motifs is 1. The molecule has 1 saturated heterocycles. The Balaban J connectivity index is 1.71. The maximum absolute atomic E-state index is 14.5. The van der Waals surface area contributed by atoms with E-state index in [0.29, 0.717) is 23.3 Å². The lowest BCUT2D eigenvalue weighted by Gasteiger charge is -2.35. The molecular weight excluding hydrogens is 331 g/mol. The van der Waals surface area contributed by atoms with Gasteiger partial charge in [0.2, 0.25) is 5.95 Å². The number of hydrogen-bond donors (Lipinski definition) is 2. The molecule has 0 saturated carbocycles. The zero-order valence-corrected chi connectivity index (χ0v) is 14.9. The second-order valence-electron chi connectivity index (χ2n) is 6.20. The van der Waals surface area contributed by atoms with Crippen LogP contribution in [0.3, 0.4) is 0 Å². The summed E-state index contributed by atoms with van der Waals surface area (Å²) in [5.74, 6) is 1.03. The van der Waals surface area contributed by atoms with Gasteiger partial charge in [-0.05, 0) is 25.5 Å². The van der Waals surface area contributed by atoms with E-state index in [4.69, 9.17) is 11.6 Å². The number of hydrogen-bond acceptors (Lipinski definition) is 5. The standard InChI is InChI=1S/C16H24ClFN6/c1-3-4-7-23-8-6-13(12(18)10-23)20-16-21-15(19-2)14-11(17)5-9-24(14)22-16/h5,9,12-13H,3-4,6-8,10H2,1-2H3,(H2,19,20,21,22). The van der Waals surface area contributed by atoms with E-state index in [2.05, 4.69) is 32.5 Å². The van der Waals surface area contributed by atoms with Crippen LogP contribution in [-0.4, -0.2) is 58.4 Å². The van der Waals surface area contributed by atoms with E-state index in [-0.39, 0.29) is 6.04 Å². The number of nitrogens with one attached hydrogen (secondary N) is 2. The monoisotopic (exact) mass is 354 g/mol. The average molecular weight is 355 g/mol. The minimum Gasteiger partial charge on any atom is -0.371 e. The van der Waals surface area contributed by atoms with Crippen LogP contribution in [0.4, 0.5) is 16.2 Å². The molecule has 2 aromatic heterocycles. The molecule has 2 N–H and O–H groups in total.